The Kier molecular flexibility index (Phi) is 8.75. The van der Waals surface area contributed by atoms with Crippen molar-refractivity contribution in [2.45, 2.75) is 72.1 Å². The van der Waals surface area contributed by atoms with Crippen LogP contribution in [-0.2, 0) is 25.7 Å². The summed E-state index contributed by atoms with van der Waals surface area (Å²) >= 11 is 4.70. The summed E-state index contributed by atoms with van der Waals surface area (Å²) in [6.45, 7) is 6.90. The van der Waals surface area contributed by atoms with Gasteiger partial charge in [-0.05, 0) is 102 Å². The van der Waals surface area contributed by atoms with Crippen molar-refractivity contribution in [2.24, 2.45) is 11.8 Å². The number of fused-ring (bicyclic) bond motifs is 3. The van der Waals surface area contributed by atoms with E-state index in [9.17, 15) is 0 Å². The zero-order valence-corrected chi connectivity index (χ0v) is 24.2. The Hall–Kier alpha value is -2.77. The van der Waals surface area contributed by atoms with Crippen molar-refractivity contribution in [1.82, 2.24) is 0 Å². The number of benzene rings is 1. The van der Waals surface area contributed by atoms with Gasteiger partial charge in [-0.3, -0.25) is 0 Å². The Balaban J connectivity index is 1.29. The van der Waals surface area contributed by atoms with E-state index in [1.165, 1.54) is 66.4 Å². The fourth-order valence-corrected chi connectivity index (χ4v) is 6.80. The van der Waals surface area contributed by atoms with Gasteiger partial charge in [-0.15, -0.1) is 12.6 Å². The van der Waals surface area contributed by atoms with Gasteiger partial charge < -0.3 is 0 Å². The van der Waals surface area contributed by atoms with Crippen molar-refractivity contribution in [3.05, 3.63) is 128 Å². The molecule has 1 aromatic rings. The van der Waals surface area contributed by atoms with Crippen LogP contribution < -0.4 is 0 Å². The summed E-state index contributed by atoms with van der Waals surface area (Å²) in [7, 11) is 0. The molecule has 2 atom stereocenters. The number of allylic oxidation sites excluding steroid dienone is 15. The van der Waals surface area contributed by atoms with E-state index in [1.54, 1.807) is 22.3 Å². The van der Waals surface area contributed by atoms with Crippen molar-refractivity contribution >= 4 is 24.8 Å². The van der Waals surface area contributed by atoms with E-state index < -0.39 is 0 Å². The molecule has 0 aliphatic heterocycles. The van der Waals surface area contributed by atoms with Crippen molar-refractivity contribution < 1.29 is 0 Å². The van der Waals surface area contributed by atoms with E-state index in [2.05, 4.69) is 106 Å². The van der Waals surface area contributed by atoms with Crippen molar-refractivity contribution in [2.75, 3.05) is 0 Å². The molecule has 196 valence electrons. The normalized spacial score (nSPS) is 22.3. The van der Waals surface area contributed by atoms with Gasteiger partial charge in [0, 0.05) is 16.7 Å². The van der Waals surface area contributed by atoms with Gasteiger partial charge in [0.2, 0.25) is 0 Å². The predicted molar refractivity (Wildman–Crippen MR) is 171 cm³/mol. The molecular weight excluding hydrogens is 476 g/mol. The predicted octanol–water partition coefficient (Wildman–Crippen LogP) is 10.1. The topological polar surface area (TPSA) is 0 Å². The summed E-state index contributed by atoms with van der Waals surface area (Å²) in [4.78, 5) is 0.974. The Morgan fingerprint density at radius 1 is 0.974 bits per heavy atom. The van der Waals surface area contributed by atoms with Crippen molar-refractivity contribution in [3.63, 3.8) is 0 Å². The fraction of sp³-hybridized carbons (Fsp3) is 0.351. The summed E-state index contributed by atoms with van der Waals surface area (Å²) in [6, 6.07) is 0. The molecule has 2 unspecified atom stereocenters. The average Bonchev–Trinajstić information content (AvgIpc) is 3.61. The molecule has 0 amide bonds. The van der Waals surface area contributed by atoms with Crippen LogP contribution in [-0.4, -0.2) is 0 Å². The maximum atomic E-state index is 4.70. The smallest absolute Gasteiger partial charge is 0.00891 e. The number of hydrogen-bond acceptors (Lipinski definition) is 1. The van der Waals surface area contributed by atoms with Crippen LogP contribution in [0.4, 0.5) is 0 Å². The molecule has 0 bridgehead atoms. The minimum atomic E-state index is 0.455. The van der Waals surface area contributed by atoms with Gasteiger partial charge in [0.05, 0.1) is 0 Å². The molecule has 0 nitrogen and oxygen atoms in total. The molecule has 0 aromatic heterocycles. The summed E-state index contributed by atoms with van der Waals surface area (Å²) in [5.41, 5.74) is 13.8. The zero-order chi connectivity index (χ0) is 26.5. The molecular formula is C37H42S. The minimum Gasteiger partial charge on any atom is -0.143 e. The molecule has 5 rings (SSSR count). The van der Waals surface area contributed by atoms with E-state index in [-0.39, 0.29) is 0 Å². The Morgan fingerprint density at radius 3 is 2.63 bits per heavy atom. The van der Waals surface area contributed by atoms with Gasteiger partial charge in [0.15, 0.2) is 0 Å². The molecule has 38 heavy (non-hydrogen) atoms. The molecule has 0 heterocycles. The van der Waals surface area contributed by atoms with Crippen LogP contribution in [0.1, 0.15) is 79.8 Å². The van der Waals surface area contributed by atoms with Crippen LogP contribution in [0, 0.1) is 11.8 Å². The molecule has 0 saturated heterocycles. The first-order valence-corrected chi connectivity index (χ1v) is 15.1. The number of thiol groups is 1. The lowest BCUT2D eigenvalue weighted by atomic mass is 9.76. The van der Waals surface area contributed by atoms with Gasteiger partial charge in [-0.1, -0.05) is 105 Å². The van der Waals surface area contributed by atoms with Crippen molar-refractivity contribution in [3.8, 4) is 0 Å². The van der Waals surface area contributed by atoms with Crippen LogP contribution >= 0.6 is 12.6 Å². The maximum Gasteiger partial charge on any atom is 0.00891 e. The highest BCUT2D eigenvalue weighted by molar-refractivity contribution is 7.84. The monoisotopic (exact) mass is 518 g/mol. The standard InChI is InChI=1S/C37H42S/c1-4-11-32-34-21-10-22-35(34)33(12-5-2)37-25-29(23-24-36(32)37)26(3)13-6-18-30(38)19-8-16-27-14-7-15-28-17-9-20-31(27)28/h6-8,10,13-19,21,23-24,29,31,38H,4-5,9,11-12,20,22,25H2,1-3H3/b16-8+,18-6+,26-13+,30-19-. The van der Waals surface area contributed by atoms with Gasteiger partial charge >= 0.3 is 0 Å². The minimum absolute atomic E-state index is 0.455. The first-order chi connectivity index (χ1) is 18.6. The second-order valence-corrected chi connectivity index (χ2v) is 11.6. The van der Waals surface area contributed by atoms with Crippen LogP contribution in [0.25, 0.3) is 12.2 Å². The number of hydrogen-bond donors (Lipinski definition) is 1. The fourth-order valence-electron chi connectivity index (χ4n) is 6.63. The zero-order valence-electron chi connectivity index (χ0n) is 23.3. The second kappa shape index (κ2) is 12.4. The molecule has 1 heteroatoms. The lowest BCUT2D eigenvalue weighted by Crippen LogP contribution is -2.15. The Bertz CT molecular complexity index is 1350. The van der Waals surface area contributed by atoms with Gasteiger partial charge in [0.1, 0.15) is 0 Å². The van der Waals surface area contributed by atoms with E-state index >= 15 is 0 Å². The Labute approximate surface area is 236 Å². The van der Waals surface area contributed by atoms with E-state index in [1.807, 2.05) is 0 Å². The van der Waals surface area contributed by atoms with Gasteiger partial charge in [-0.25, -0.2) is 0 Å². The molecule has 4 aliphatic rings. The van der Waals surface area contributed by atoms with Gasteiger partial charge in [-0.2, -0.15) is 0 Å². The highest BCUT2D eigenvalue weighted by Crippen LogP contribution is 2.40. The van der Waals surface area contributed by atoms with Gasteiger partial charge in [0.25, 0.3) is 0 Å². The largest absolute Gasteiger partial charge is 0.143 e. The molecule has 1 aromatic carbocycles. The molecule has 0 N–H and O–H groups in total. The lowest BCUT2D eigenvalue weighted by molar-refractivity contribution is 0.720. The molecule has 0 saturated carbocycles. The highest BCUT2D eigenvalue weighted by atomic mass is 32.1. The van der Waals surface area contributed by atoms with E-state index in [4.69, 9.17) is 12.6 Å². The quantitative estimate of drug-likeness (QED) is 0.244. The van der Waals surface area contributed by atoms with Crippen molar-refractivity contribution in [1.29, 1.82) is 0 Å². The summed E-state index contributed by atoms with van der Waals surface area (Å²) in [5.74, 6) is 1.04. The first-order valence-electron chi connectivity index (χ1n) is 14.6. The van der Waals surface area contributed by atoms with E-state index in [0.29, 0.717) is 11.8 Å². The highest BCUT2D eigenvalue weighted by Gasteiger charge is 2.26. The summed E-state index contributed by atoms with van der Waals surface area (Å²) in [6.07, 6.45) is 41.1. The molecule has 4 aliphatic carbocycles. The molecule has 0 radical (unpaired) electrons. The Morgan fingerprint density at radius 2 is 1.79 bits per heavy atom. The van der Waals surface area contributed by atoms with Crippen LogP contribution in [0.2, 0.25) is 0 Å². The second-order valence-electron chi connectivity index (χ2n) is 11.1. The molecule has 0 fully saturated rings. The third-order valence-corrected chi connectivity index (χ3v) is 8.84. The van der Waals surface area contributed by atoms with Crippen LogP contribution in [0.15, 0.2) is 94.5 Å². The third-order valence-electron chi connectivity index (χ3n) is 8.54. The third kappa shape index (κ3) is 5.64. The number of rotatable bonds is 9. The lowest BCUT2D eigenvalue weighted by Gasteiger charge is -2.28. The summed E-state index contributed by atoms with van der Waals surface area (Å²) < 4.78 is 0. The average molecular weight is 519 g/mol. The summed E-state index contributed by atoms with van der Waals surface area (Å²) in [5, 5.41) is 0. The van der Waals surface area contributed by atoms with Crippen LogP contribution in [0.5, 0.6) is 0 Å². The SMILES string of the molecule is CCCc1c2c(c(CCC)c3c1C=CC(/C(C)=C/C=C/C(S)=C/C=C/C1=CC=CC4=CCCC41)C3)CC=C2. The van der Waals surface area contributed by atoms with E-state index in [0.717, 1.165) is 17.7 Å². The van der Waals surface area contributed by atoms with Crippen LogP contribution in [0.3, 0.4) is 0 Å². The first kappa shape index (κ1) is 26.8. The molecule has 0 spiro atoms. The maximum absolute atomic E-state index is 4.70.